The van der Waals surface area contributed by atoms with Gasteiger partial charge in [-0.15, -0.1) is 0 Å². The van der Waals surface area contributed by atoms with E-state index in [2.05, 4.69) is 45.4 Å². The fraction of sp³-hybridized carbons (Fsp3) is 0.553. The maximum atomic E-state index is 12.8. The van der Waals surface area contributed by atoms with Gasteiger partial charge < -0.3 is 30.9 Å². The van der Waals surface area contributed by atoms with Crippen molar-refractivity contribution < 1.29 is 19.5 Å². The predicted molar refractivity (Wildman–Crippen MR) is 194 cm³/mol. The number of fused-ring (bicyclic) bond motifs is 1. The van der Waals surface area contributed by atoms with E-state index in [1.165, 1.54) is 5.56 Å². The quantitative estimate of drug-likeness (QED) is 0.229. The van der Waals surface area contributed by atoms with Gasteiger partial charge in [-0.25, -0.2) is 9.67 Å². The Kier molecular flexibility index (Phi) is 11.4. The molecule has 2 fully saturated rings. The molecule has 1 aromatic carbocycles. The number of hydrogen-bond acceptors (Lipinski definition) is 8. The largest absolute Gasteiger partial charge is 0.481 e. The molecule has 0 aliphatic carbocycles. The van der Waals surface area contributed by atoms with E-state index in [0.29, 0.717) is 51.5 Å². The van der Waals surface area contributed by atoms with E-state index in [1.54, 1.807) is 0 Å². The second-order valence-electron chi connectivity index (χ2n) is 14.4. The number of aryl methyl sites for hydroxylation is 4. The molecule has 6 rings (SSSR count). The lowest BCUT2D eigenvalue weighted by molar-refractivity contribution is -0.137. The first kappa shape index (κ1) is 35.4. The maximum absolute atomic E-state index is 12.8. The summed E-state index contributed by atoms with van der Waals surface area (Å²) in [6, 6.07) is 12.8. The number of pyridine rings is 1. The molecule has 2 unspecified atom stereocenters. The molecule has 3 aliphatic heterocycles. The van der Waals surface area contributed by atoms with Crippen LogP contribution in [-0.4, -0.2) is 99.8 Å². The van der Waals surface area contributed by atoms with Crippen molar-refractivity contribution in [3.05, 3.63) is 64.6 Å². The highest BCUT2D eigenvalue weighted by atomic mass is 16.4. The predicted octanol–water partition coefficient (Wildman–Crippen LogP) is 4.06. The van der Waals surface area contributed by atoms with E-state index < -0.39 is 5.97 Å². The number of aliphatic carboxylic acids is 1. The minimum absolute atomic E-state index is 0.0425. The van der Waals surface area contributed by atoms with Crippen LogP contribution in [0.3, 0.4) is 0 Å². The molecule has 2 saturated heterocycles. The van der Waals surface area contributed by atoms with Gasteiger partial charge in [0.15, 0.2) is 0 Å². The van der Waals surface area contributed by atoms with E-state index in [-0.39, 0.29) is 30.6 Å². The number of likely N-dealkylation sites (tertiary alicyclic amines) is 1. The van der Waals surface area contributed by atoms with Crippen LogP contribution in [0.15, 0.2) is 36.4 Å². The number of anilines is 2. The van der Waals surface area contributed by atoms with Gasteiger partial charge in [0.25, 0.3) is 0 Å². The normalized spacial score (nSPS) is 18.5. The third-order valence-electron chi connectivity index (χ3n) is 10.5. The molecular formula is C38H52N8O4. The zero-order valence-corrected chi connectivity index (χ0v) is 29.6. The summed E-state index contributed by atoms with van der Waals surface area (Å²) >= 11 is 0. The van der Waals surface area contributed by atoms with Crippen LogP contribution in [-0.2, 0) is 27.2 Å². The molecule has 50 heavy (non-hydrogen) atoms. The van der Waals surface area contributed by atoms with Crippen LogP contribution in [0.1, 0.15) is 79.1 Å². The van der Waals surface area contributed by atoms with Crippen LogP contribution in [0.25, 0.3) is 5.69 Å². The molecule has 12 heteroatoms. The van der Waals surface area contributed by atoms with Crippen LogP contribution >= 0.6 is 0 Å². The fourth-order valence-corrected chi connectivity index (χ4v) is 7.82. The molecule has 2 atom stereocenters. The number of carboxylic acids is 1. The molecule has 0 radical (unpaired) electrons. The van der Waals surface area contributed by atoms with Gasteiger partial charge in [0, 0.05) is 81.6 Å². The van der Waals surface area contributed by atoms with Crippen LogP contribution < -0.4 is 16.0 Å². The molecule has 4 N–H and O–H groups in total. The van der Waals surface area contributed by atoms with Gasteiger partial charge in [-0.1, -0.05) is 6.07 Å². The number of nitrogens with two attached hydrogens (primary N) is 1. The van der Waals surface area contributed by atoms with Crippen LogP contribution in [0, 0.1) is 19.8 Å². The third-order valence-corrected chi connectivity index (χ3v) is 10.5. The smallest absolute Gasteiger partial charge is 0.304 e. The topological polar surface area (TPSA) is 150 Å². The highest BCUT2D eigenvalue weighted by molar-refractivity contribution is 5.78. The number of hydrogen-bond donors (Lipinski definition) is 3. The number of carboxylic acid groups (broad SMARTS) is 1. The Morgan fingerprint density at radius 1 is 1.02 bits per heavy atom. The highest BCUT2D eigenvalue weighted by Gasteiger charge is 2.28. The first-order valence-electron chi connectivity index (χ1n) is 18.3. The highest BCUT2D eigenvalue weighted by Crippen LogP contribution is 2.32. The van der Waals surface area contributed by atoms with Crippen LogP contribution in [0.4, 0.5) is 11.5 Å². The van der Waals surface area contributed by atoms with Gasteiger partial charge >= 0.3 is 5.97 Å². The SMILES string of the molecule is Cc1cc(C)n(-c2cc(C(CC(=O)O)CN3CCC(CCc4ccc5c(n4)NCCC5)C3)cc(N3CCN(C(=O)CCCC(N)=O)CC3)c2)n1. The number of primary amides is 1. The number of benzene rings is 1. The van der Waals surface area contributed by atoms with Gasteiger partial charge in [0.2, 0.25) is 11.8 Å². The molecule has 268 valence electrons. The molecule has 0 saturated carbocycles. The average molecular weight is 685 g/mol. The lowest BCUT2D eigenvalue weighted by atomic mass is 9.93. The van der Waals surface area contributed by atoms with Crippen molar-refractivity contribution in [1.82, 2.24) is 24.6 Å². The minimum atomic E-state index is -0.806. The number of rotatable bonds is 14. The second-order valence-corrected chi connectivity index (χ2v) is 14.4. The van der Waals surface area contributed by atoms with Gasteiger partial charge in [-0.05, 0) is 106 Å². The first-order valence-corrected chi connectivity index (χ1v) is 18.3. The maximum Gasteiger partial charge on any atom is 0.304 e. The van der Waals surface area contributed by atoms with Crippen LogP contribution in [0.5, 0.6) is 0 Å². The summed E-state index contributed by atoms with van der Waals surface area (Å²) in [5, 5.41) is 18.3. The van der Waals surface area contributed by atoms with Crippen molar-refractivity contribution in [1.29, 1.82) is 0 Å². The number of nitrogens with one attached hydrogen (secondary N) is 1. The zero-order valence-electron chi connectivity index (χ0n) is 29.6. The summed E-state index contributed by atoms with van der Waals surface area (Å²) in [7, 11) is 0. The Morgan fingerprint density at radius 2 is 1.82 bits per heavy atom. The molecule has 0 bridgehead atoms. The molecule has 0 spiro atoms. The standard InChI is InChI=1S/C38H52N8O4/c1-26-19-27(2)46(42-26)34-21-30(20-33(23-34)44-15-17-45(18-16-44)36(48)7-3-6-35(39)47)31(22-37(49)50)25-43-14-12-28(24-43)8-10-32-11-9-29-5-4-13-40-38(29)41-32/h9,11,19-21,23,28,31H,3-8,10,12-18,22,24-25H2,1-2H3,(H2,39,47)(H,40,41)(H,49,50). The lowest BCUT2D eigenvalue weighted by Gasteiger charge is -2.37. The first-order chi connectivity index (χ1) is 24.1. The zero-order chi connectivity index (χ0) is 35.2. The minimum Gasteiger partial charge on any atom is -0.481 e. The molecular weight excluding hydrogens is 632 g/mol. The van der Waals surface area contributed by atoms with Gasteiger partial charge in [0.1, 0.15) is 5.82 Å². The van der Waals surface area contributed by atoms with Crippen molar-refractivity contribution in [2.75, 3.05) is 62.6 Å². The van der Waals surface area contributed by atoms with Crippen molar-refractivity contribution in [3.8, 4) is 5.69 Å². The average Bonchev–Trinajstić information content (AvgIpc) is 3.70. The fourth-order valence-electron chi connectivity index (χ4n) is 7.82. The molecule has 12 nitrogen and oxygen atoms in total. The van der Waals surface area contributed by atoms with Gasteiger partial charge in [-0.2, -0.15) is 5.10 Å². The summed E-state index contributed by atoms with van der Waals surface area (Å²) in [5.74, 6) is 0.264. The Hall–Kier alpha value is -4.45. The van der Waals surface area contributed by atoms with E-state index in [4.69, 9.17) is 15.8 Å². The second kappa shape index (κ2) is 16.1. The van der Waals surface area contributed by atoms with Crippen molar-refractivity contribution in [2.24, 2.45) is 11.7 Å². The number of carbonyl (C=O) groups is 3. The van der Waals surface area contributed by atoms with Gasteiger partial charge in [-0.3, -0.25) is 14.4 Å². The van der Waals surface area contributed by atoms with E-state index in [1.807, 2.05) is 29.5 Å². The Bertz CT molecular complexity index is 1680. The van der Waals surface area contributed by atoms with Crippen molar-refractivity contribution in [2.45, 2.75) is 77.6 Å². The molecule has 2 amide bonds. The molecule has 3 aliphatic rings. The number of piperazine rings is 1. The number of aromatic nitrogens is 3. The van der Waals surface area contributed by atoms with E-state index in [9.17, 15) is 19.5 Å². The molecule has 3 aromatic rings. The van der Waals surface area contributed by atoms with Crippen molar-refractivity contribution >= 4 is 29.3 Å². The summed E-state index contributed by atoms with van der Waals surface area (Å²) in [4.78, 5) is 47.6. The lowest BCUT2D eigenvalue weighted by Crippen LogP contribution is -2.48. The van der Waals surface area contributed by atoms with E-state index in [0.717, 1.165) is 91.6 Å². The summed E-state index contributed by atoms with van der Waals surface area (Å²) in [5.41, 5.74) is 12.5. The van der Waals surface area contributed by atoms with E-state index >= 15 is 0 Å². The Morgan fingerprint density at radius 3 is 2.56 bits per heavy atom. The third kappa shape index (κ3) is 9.01. The Balaban J connectivity index is 1.15. The number of amides is 2. The summed E-state index contributed by atoms with van der Waals surface area (Å²) < 4.78 is 1.94. The Labute approximate surface area is 295 Å². The number of carbonyl (C=O) groups excluding carboxylic acids is 2. The monoisotopic (exact) mass is 684 g/mol. The summed E-state index contributed by atoms with van der Waals surface area (Å²) in [6.07, 6.45) is 6.42. The van der Waals surface area contributed by atoms with Crippen molar-refractivity contribution in [3.63, 3.8) is 0 Å². The molecule has 2 aromatic heterocycles. The van der Waals surface area contributed by atoms with Crippen LogP contribution in [0.2, 0.25) is 0 Å². The summed E-state index contributed by atoms with van der Waals surface area (Å²) in [6.45, 7) is 10.1. The number of nitrogens with zero attached hydrogens (tertiary/aromatic N) is 6. The van der Waals surface area contributed by atoms with Gasteiger partial charge in [0.05, 0.1) is 17.8 Å². The molecule has 5 heterocycles.